The van der Waals surface area contributed by atoms with Crippen LogP contribution in [0.3, 0.4) is 0 Å². The molecule has 1 amide bonds. The molecule has 1 saturated heterocycles. The summed E-state index contributed by atoms with van der Waals surface area (Å²) in [6, 6.07) is 9.18. The quantitative estimate of drug-likeness (QED) is 0.688. The van der Waals surface area contributed by atoms with Crippen LogP contribution >= 0.6 is 0 Å². The van der Waals surface area contributed by atoms with Crippen molar-refractivity contribution in [3.8, 4) is 11.6 Å². The van der Waals surface area contributed by atoms with Crippen molar-refractivity contribution in [3.63, 3.8) is 0 Å². The molecule has 4 rings (SSSR count). The van der Waals surface area contributed by atoms with E-state index in [-0.39, 0.29) is 12.0 Å². The lowest BCUT2D eigenvalue weighted by Crippen LogP contribution is -2.44. The highest BCUT2D eigenvalue weighted by Crippen LogP contribution is 2.29. The molecule has 0 N–H and O–H groups in total. The summed E-state index contributed by atoms with van der Waals surface area (Å²) in [6.07, 6.45) is 1.63. The Morgan fingerprint density at radius 2 is 2.11 bits per heavy atom. The second kappa shape index (κ2) is 7.50. The molecule has 7 nitrogen and oxygen atoms in total. The maximum Gasteiger partial charge on any atom is 0.289 e. The molecule has 0 saturated carbocycles. The summed E-state index contributed by atoms with van der Waals surface area (Å²) in [5.74, 6) is 2.02. The summed E-state index contributed by atoms with van der Waals surface area (Å²) in [5, 5.41) is 0.847. The van der Waals surface area contributed by atoms with Crippen molar-refractivity contribution in [2.45, 2.75) is 32.8 Å². The summed E-state index contributed by atoms with van der Waals surface area (Å²) in [5.41, 5.74) is 1.45. The number of amides is 1. The van der Waals surface area contributed by atoms with Gasteiger partial charge in [0.05, 0.1) is 13.7 Å². The Bertz CT molecular complexity index is 994. The average molecular weight is 381 g/mol. The van der Waals surface area contributed by atoms with Crippen LogP contribution in [0.15, 0.2) is 34.7 Å². The first-order valence-corrected chi connectivity index (χ1v) is 9.38. The average Bonchev–Trinajstić information content (AvgIpc) is 3.11. The van der Waals surface area contributed by atoms with E-state index in [0.29, 0.717) is 41.9 Å². The molecule has 2 aromatic heterocycles. The van der Waals surface area contributed by atoms with E-state index in [1.807, 2.05) is 38.1 Å². The number of methoxy groups -OCH3 is 1. The molecule has 0 aliphatic carbocycles. The van der Waals surface area contributed by atoms with E-state index in [0.717, 1.165) is 23.9 Å². The molecule has 0 radical (unpaired) electrons. The van der Waals surface area contributed by atoms with Gasteiger partial charge in [0.2, 0.25) is 5.88 Å². The van der Waals surface area contributed by atoms with Gasteiger partial charge in [-0.05, 0) is 38.8 Å². The van der Waals surface area contributed by atoms with E-state index in [1.54, 1.807) is 18.1 Å². The van der Waals surface area contributed by atoms with Crippen molar-refractivity contribution in [1.29, 1.82) is 0 Å². The van der Waals surface area contributed by atoms with E-state index in [4.69, 9.17) is 13.9 Å². The molecule has 0 spiro atoms. The van der Waals surface area contributed by atoms with Gasteiger partial charge in [-0.2, -0.15) is 4.98 Å². The number of para-hydroxylation sites is 1. The second-order valence-corrected chi connectivity index (χ2v) is 7.02. The van der Waals surface area contributed by atoms with Crippen LogP contribution < -0.4 is 9.47 Å². The van der Waals surface area contributed by atoms with Crippen molar-refractivity contribution < 1.29 is 18.7 Å². The Morgan fingerprint density at radius 3 is 2.89 bits per heavy atom. The Hall–Kier alpha value is -3.09. The van der Waals surface area contributed by atoms with Gasteiger partial charge in [-0.25, -0.2) is 4.98 Å². The summed E-state index contributed by atoms with van der Waals surface area (Å²) in [7, 11) is 1.59. The van der Waals surface area contributed by atoms with Gasteiger partial charge in [0.1, 0.15) is 11.9 Å². The number of nitrogens with zero attached hydrogens (tertiary/aromatic N) is 3. The number of hydrogen-bond donors (Lipinski definition) is 0. The zero-order valence-electron chi connectivity index (χ0n) is 16.3. The molecule has 28 heavy (non-hydrogen) atoms. The molecule has 146 valence electrons. The molecule has 1 aromatic carbocycles. The van der Waals surface area contributed by atoms with Gasteiger partial charge in [-0.3, -0.25) is 4.79 Å². The molecule has 1 aliphatic rings. The number of carbonyl (C=O) groups excluding carboxylic acids is 1. The standard InChI is InChI=1S/C21H23N3O4/c1-13-10-19(23-14(2)22-13)27-16-7-5-9-24(12-16)21(25)18-11-15-6-4-8-17(26-3)20(15)28-18/h4,6,8,10-11,16H,5,7,9,12H2,1-3H3. The maximum atomic E-state index is 13.0. The maximum absolute atomic E-state index is 13.0. The number of aryl methyl sites for hydroxylation is 2. The molecule has 1 atom stereocenters. The van der Waals surface area contributed by atoms with Crippen molar-refractivity contribution in [2.75, 3.05) is 20.2 Å². The Kier molecular flexibility index (Phi) is 4.90. The van der Waals surface area contributed by atoms with Crippen LogP contribution in [-0.4, -0.2) is 47.1 Å². The highest BCUT2D eigenvalue weighted by Gasteiger charge is 2.28. The van der Waals surface area contributed by atoms with Crippen LogP contribution in [0.4, 0.5) is 0 Å². The van der Waals surface area contributed by atoms with Crippen molar-refractivity contribution in [2.24, 2.45) is 0 Å². The number of fused-ring (bicyclic) bond motifs is 1. The molecular formula is C21H23N3O4. The van der Waals surface area contributed by atoms with Gasteiger partial charge in [0.25, 0.3) is 5.91 Å². The summed E-state index contributed by atoms with van der Waals surface area (Å²) in [4.78, 5) is 23.4. The van der Waals surface area contributed by atoms with Gasteiger partial charge in [-0.15, -0.1) is 0 Å². The van der Waals surface area contributed by atoms with Crippen molar-refractivity contribution >= 4 is 16.9 Å². The second-order valence-electron chi connectivity index (χ2n) is 7.02. The fourth-order valence-corrected chi connectivity index (χ4v) is 3.59. The minimum atomic E-state index is -0.137. The van der Waals surface area contributed by atoms with Gasteiger partial charge in [-0.1, -0.05) is 12.1 Å². The highest BCUT2D eigenvalue weighted by molar-refractivity contribution is 5.97. The largest absolute Gasteiger partial charge is 0.493 e. The number of carbonyl (C=O) groups is 1. The summed E-state index contributed by atoms with van der Waals surface area (Å²) in [6.45, 7) is 4.92. The number of hydrogen-bond acceptors (Lipinski definition) is 6. The van der Waals surface area contributed by atoms with Crippen LogP contribution in [-0.2, 0) is 0 Å². The third kappa shape index (κ3) is 3.65. The minimum Gasteiger partial charge on any atom is -0.493 e. The first-order chi connectivity index (χ1) is 13.5. The van der Waals surface area contributed by atoms with E-state index < -0.39 is 0 Å². The van der Waals surface area contributed by atoms with Crippen molar-refractivity contribution in [1.82, 2.24) is 14.9 Å². The van der Waals surface area contributed by atoms with Gasteiger partial charge in [0.15, 0.2) is 17.1 Å². The number of aromatic nitrogens is 2. The minimum absolute atomic E-state index is 0.106. The lowest BCUT2D eigenvalue weighted by atomic mass is 10.1. The smallest absolute Gasteiger partial charge is 0.289 e. The number of piperidine rings is 1. The fourth-order valence-electron chi connectivity index (χ4n) is 3.59. The Balaban J connectivity index is 1.50. The summed E-state index contributed by atoms with van der Waals surface area (Å²) < 4.78 is 17.2. The molecule has 1 aliphatic heterocycles. The van der Waals surface area contributed by atoms with Gasteiger partial charge >= 0.3 is 0 Å². The van der Waals surface area contributed by atoms with Gasteiger partial charge in [0, 0.05) is 23.7 Å². The predicted molar refractivity (Wildman–Crippen MR) is 104 cm³/mol. The zero-order valence-corrected chi connectivity index (χ0v) is 16.3. The molecule has 3 aromatic rings. The first-order valence-electron chi connectivity index (χ1n) is 9.38. The topological polar surface area (TPSA) is 77.7 Å². The molecular weight excluding hydrogens is 358 g/mol. The third-order valence-electron chi connectivity index (χ3n) is 4.83. The van der Waals surface area contributed by atoms with Crippen LogP contribution in [0.2, 0.25) is 0 Å². The number of rotatable bonds is 4. The SMILES string of the molecule is COc1cccc2cc(C(=O)N3CCCC(Oc4cc(C)nc(C)n4)C3)oc12. The van der Waals surface area contributed by atoms with E-state index >= 15 is 0 Å². The molecule has 1 unspecified atom stereocenters. The molecule has 1 fully saturated rings. The fraction of sp³-hybridized carbons (Fsp3) is 0.381. The Morgan fingerprint density at radius 1 is 1.25 bits per heavy atom. The summed E-state index contributed by atoms with van der Waals surface area (Å²) >= 11 is 0. The number of ether oxygens (including phenoxy) is 2. The molecule has 7 heteroatoms. The van der Waals surface area contributed by atoms with Crippen LogP contribution in [0, 0.1) is 13.8 Å². The highest BCUT2D eigenvalue weighted by atomic mass is 16.5. The van der Waals surface area contributed by atoms with Gasteiger partial charge < -0.3 is 18.8 Å². The lowest BCUT2D eigenvalue weighted by Gasteiger charge is -2.32. The predicted octanol–water partition coefficient (Wildman–Crippen LogP) is 3.53. The zero-order chi connectivity index (χ0) is 19.7. The van der Waals surface area contributed by atoms with E-state index in [9.17, 15) is 4.79 Å². The lowest BCUT2D eigenvalue weighted by molar-refractivity contribution is 0.0501. The van der Waals surface area contributed by atoms with Crippen LogP contribution in [0.25, 0.3) is 11.0 Å². The van der Waals surface area contributed by atoms with Crippen molar-refractivity contribution in [3.05, 3.63) is 47.6 Å². The number of benzene rings is 1. The molecule has 0 bridgehead atoms. The number of furan rings is 1. The van der Waals surface area contributed by atoms with E-state index in [2.05, 4.69) is 9.97 Å². The first kappa shape index (κ1) is 18.3. The number of likely N-dealkylation sites (tertiary alicyclic amines) is 1. The van der Waals surface area contributed by atoms with Crippen LogP contribution in [0.5, 0.6) is 11.6 Å². The van der Waals surface area contributed by atoms with E-state index in [1.165, 1.54) is 0 Å². The third-order valence-corrected chi connectivity index (χ3v) is 4.83. The normalized spacial score (nSPS) is 17.0. The monoisotopic (exact) mass is 381 g/mol. The Labute approximate surface area is 163 Å². The molecule has 3 heterocycles. The van der Waals surface area contributed by atoms with Crippen LogP contribution in [0.1, 0.15) is 34.9 Å².